The molecule has 1 fully saturated rings. The Hall–Kier alpha value is -5.11. The minimum atomic E-state index is -0.103. The van der Waals surface area contributed by atoms with Crippen molar-refractivity contribution in [2.75, 3.05) is 46.3 Å². The van der Waals surface area contributed by atoms with Gasteiger partial charge in [0, 0.05) is 55.0 Å². The number of aromatic nitrogens is 6. The Bertz CT molecular complexity index is 2290. The van der Waals surface area contributed by atoms with Gasteiger partial charge < -0.3 is 29.2 Å². The molecule has 6 heterocycles. The van der Waals surface area contributed by atoms with Gasteiger partial charge in [-0.15, -0.1) is 10.2 Å². The molecule has 1 saturated heterocycles. The van der Waals surface area contributed by atoms with Gasteiger partial charge in [-0.25, -0.2) is 14.6 Å². The lowest BCUT2D eigenvalue weighted by Crippen LogP contribution is -2.23. The van der Waals surface area contributed by atoms with Crippen molar-refractivity contribution in [1.29, 1.82) is 0 Å². The molecule has 0 aliphatic carbocycles. The van der Waals surface area contributed by atoms with E-state index in [4.69, 9.17) is 34.0 Å². The number of fused-ring (bicyclic) bond motifs is 2. The van der Waals surface area contributed by atoms with Gasteiger partial charge in [0.05, 0.1) is 42.4 Å². The van der Waals surface area contributed by atoms with Crippen molar-refractivity contribution in [2.45, 2.75) is 52.3 Å². The number of anilines is 1. The molecule has 12 nitrogen and oxygen atoms in total. The number of likely N-dealkylation sites (N-methyl/N-ethyl adjacent to an activating group) is 1. The average molecular weight is 719 g/mol. The van der Waals surface area contributed by atoms with Crippen molar-refractivity contribution in [3.63, 3.8) is 0 Å². The number of nitrogens with one attached hydrogen (secondary N) is 1. The van der Waals surface area contributed by atoms with Crippen molar-refractivity contribution in [3.8, 4) is 33.7 Å². The van der Waals surface area contributed by atoms with E-state index in [1.807, 2.05) is 42.2 Å². The summed E-state index contributed by atoms with van der Waals surface area (Å²) < 4.78 is 26.3. The lowest BCUT2D eigenvalue weighted by molar-refractivity contribution is -0.0366. The van der Waals surface area contributed by atoms with E-state index in [1.54, 1.807) is 14.2 Å². The van der Waals surface area contributed by atoms with Crippen LogP contribution in [0.15, 0.2) is 54.9 Å². The van der Waals surface area contributed by atoms with Crippen LogP contribution < -0.4 is 19.5 Å². The Labute approximate surface area is 306 Å². The summed E-state index contributed by atoms with van der Waals surface area (Å²) in [6.45, 7) is 6.98. The zero-order valence-electron chi connectivity index (χ0n) is 30.1. The highest BCUT2D eigenvalue weighted by molar-refractivity contribution is 7.14. The number of pyridine rings is 2. The Morgan fingerprint density at radius 1 is 1.02 bits per heavy atom. The first-order valence-electron chi connectivity index (χ1n) is 17.6. The first-order valence-corrected chi connectivity index (χ1v) is 18.4. The molecule has 2 aromatic carbocycles. The predicted molar refractivity (Wildman–Crippen MR) is 204 cm³/mol. The normalized spacial score (nSPS) is 16.6. The maximum atomic E-state index is 7.06. The molecule has 4 aromatic heterocycles. The first-order chi connectivity index (χ1) is 25.4. The number of rotatable bonds is 10. The van der Waals surface area contributed by atoms with Crippen molar-refractivity contribution in [3.05, 3.63) is 76.7 Å². The molecule has 1 atom stereocenters. The molecule has 13 heteroatoms. The zero-order valence-corrected chi connectivity index (χ0v) is 30.9. The van der Waals surface area contributed by atoms with Crippen LogP contribution >= 0.6 is 11.3 Å². The molecule has 1 N–H and O–H groups in total. The summed E-state index contributed by atoms with van der Waals surface area (Å²) in [4.78, 5) is 12.6. The van der Waals surface area contributed by atoms with Crippen LogP contribution in [-0.2, 0) is 11.3 Å². The molecule has 0 amide bonds. The summed E-state index contributed by atoms with van der Waals surface area (Å²) in [5.41, 5.74) is 5.78. The van der Waals surface area contributed by atoms with Gasteiger partial charge in [0.1, 0.15) is 33.1 Å². The number of methoxy groups -OCH3 is 2. The Morgan fingerprint density at radius 2 is 1.92 bits per heavy atom. The van der Waals surface area contributed by atoms with E-state index in [1.165, 1.54) is 16.9 Å². The third kappa shape index (κ3) is 6.55. The molecule has 2 aliphatic heterocycles. The van der Waals surface area contributed by atoms with Gasteiger partial charge in [0.15, 0.2) is 6.23 Å². The average Bonchev–Trinajstić information content (AvgIpc) is 3.81. The highest BCUT2D eigenvalue weighted by Crippen LogP contribution is 2.43. The third-order valence-corrected chi connectivity index (χ3v) is 10.7. The molecule has 8 rings (SSSR count). The summed E-state index contributed by atoms with van der Waals surface area (Å²) in [7, 11) is 5.44. The Morgan fingerprint density at radius 3 is 2.67 bits per heavy atom. The summed E-state index contributed by atoms with van der Waals surface area (Å²) in [5.74, 6) is 3.21. The maximum absolute atomic E-state index is 7.06. The maximum Gasteiger partial charge on any atom is 0.231 e. The van der Waals surface area contributed by atoms with Gasteiger partial charge in [-0.3, -0.25) is 0 Å². The molecular weight excluding hydrogens is 677 g/mol. The highest BCUT2D eigenvalue weighted by atomic mass is 32.1. The quantitative estimate of drug-likeness (QED) is 0.149. The van der Waals surface area contributed by atoms with E-state index in [0.717, 1.165) is 105 Å². The molecular formula is C39H42N8O4S. The summed E-state index contributed by atoms with van der Waals surface area (Å²) in [5, 5.41) is 21.5. The molecule has 0 saturated carbocycles. The van der Waals surface area contributed by atoms with Crippen LogP contribution in [0.1, 0.15) is 53.7 Å². The minimum Gasteiger partial charge on any atom is -0.497 e. The highest BCUT2D eigenvalue weighted by Gasteiger charge is 2.25. The fourth-order valence-corrected chi connectivity index (χ4v) is 7.65. The van der Waals surface area contributed by atoms with Crippen molar-refractivity contribution in [2.24, 2.45) is 0 Å². The molecule has 2 aliphatic rings. The van der Waals surface area contributed by atoms with Crippen molar-refractivity contribution < 1.29 is 18.9 Å². The van der Waals surface area contributed by atoms with E-state index in [2.05, 4.69) is 58.7 Å². The van der Waals surface area contributed by atoms with Crippen LogP contribution in [0.2, 0.25) is 0 Å². The second kappa shape index (κ2) is 14.5. The van der Waals surface area contributed by atoms with Gasteiger partial charge in [0.25, 0.3) is 0 Å². The van der Waals surface area contributed by atoms with Gasteiger partial charge in [-0.05, 0) is 82.0 Å². The number of aryl methyl sites for hydroxylation is 2. The second-order valence-electron chi connectivity index (χ2n) is 13.3. The number of hydrogen-bond donors (Lipinski definition) is 1. The van der Waals surface area contributed by atoms with E-state index >= 15 is 0 Å². The molecule has 0 spiro atoms. The monoisotopic (exact) mass is 718 g/mol. The largest absolute Gasteiger partial charge is 0.497 e. The standard InChI is InChI=1S/C39H42N8O4S/c1-23-9-12-32-30(22-42-47(32)34-8-6-7-17-50-34)36(23)51-38-35-28(19-31(43-38)25-13-15-46(3)16-14-25)29(39-45-44-24(2)52-39)21-41-37(35)40-20-26-10-11-27(48-4)18-33(26)49-5/h9-13,18-19,21-22,34H,6-8,14-17,20H2,1-5H3,(H,40,41). The number of nitrogens with zero attached hydrogens (tertiary/aromatic N) is 7. The molecule has 0 bridgehead atoms. The minimum absolute atomic E-state index is 0.103. The summed E-state index contributed by atoms with van der Waals surface area (Å²) in [6, 6.07) is 12.1. The lowest BCUT2D eigenvalue weighted by Gasteiger charge is -2.24. The van der Waals surface area contributed by atoms with Crippen LogP contribution in [0.25, 0.3) is 37.8 Å². The SMILES string of the molecule is COc1ccc(CNc2ncc(-c3nnc(C)s3)c3cc(C4=CCN(C)CC4)nc(Oc4c(C)ccc5c4cnn5C4CCCCO4)c23)c(OC)c1. The molecule has 1 unspecified atom stereocenters. The predicted octanol–water partition coefficient (Wildman–Crippen LogP) is 7.95. The zero-order chi connectivity index (χ0) is 35.8. The Kier molecular flexibility index (Phi) is 9.47. The Balaban J connectivity index is 1.31. The fourth-order valence-electron chi connectivity index (χ4n) is 6.94. The molecule has 0 radical (unpaired) electrons. The number of benzene rings is 2. The van der Waals surface area contributed by atoms with Crippen LogP contribution in [-0.4, -0.2) is 75.8 Å². The molecule has 6 aromatic rings. The van der Waals surface area contributed by atoms with Gasteiger partial charge in [0.2, 0.25) is 5.88 Å². The number of ether oxygens (including phenoxy) is 4. The summed E-state index contributed by atoms with van der Waals surface area (Å²) in [6.07, 6.45) is 9.87. The van der Waals surface area contributed by atoms with Gasteiger partial charge in [-0.2, -0.15) is 5.10 Å². The van der Waals surface area contributed by atoms with E-state index < -0.39 is 0 Å². The lowest BCUT2D eigenvalue weighted by atomic mass is 10.0. The topological polar surface area (TPSA) is 122 Å². The fraction of sp³-hybridized carbons (Fsp3) is 0.359. The molecule has 52 heavy (non-hydrogen) atoms. The van der Waals surface area contributed by atoms with Crippen molar-refractivity contribution >= 4 is 44.4 Å². The van der Waals surface area contributed by atoms with Crippen LogP contribution in [0.3, 0.4) is 0 Å². The second-order valence-corrected chi connectivity index (χ2v) is 14.5. The summed E-state index contributed by atoms with van der Waals surface area (Å²) >= 11 is 1.54. The van der Waals surface area contributed by atoms with E-state index in [0.29, 0.717) is 29.7 Å². The smallest absolute Gasteiger partial charge is 0.231 e. The van der Waals surface area contributed by atoms with Crippen molar-refractivity contribution in [1.82, 2.24) is 34.8 Å². The van der Waals surface area contributed by atoms with Crippen LogP contribution in [0.4, 0.5) is 5.82 Å². The van der Waals surface area contributed by atoms with E-state index in [9.17, 15) is 0 Å². The van der Waals surface area contributed by atoms with E-state index in [-0.39, 0.29) is 6.23 Å². The van der Waals surface area contributed by atoms with Crippen LogP contribution in [0, 0.1) is 13.8 Å². The number of hydrogen-bond acceptors (Lipinski definition) is 12. The van der Waals surface area contributed by atoms with Gasteiger partial charge >= 0.3 is 0 Å². The molecule has 268 valence electrons. The first kappa shape index (κ1) is 34.0. The third-order valence-electron chi connectivity index (χ3n) is 9.83. The van der Waals surface area contributed by atoms with Crippen LogP contribution in [0.5, 0.6) is 23.1 Å². The van der Waals surface area contributed by atoms with Gasteiger partial charge in [-0.1, -0.05) is 23.5 Å².